The van der Waals surface area contributed by atoms with Crippen LogP contribution in [0.5, 0.6) is 0 Å². The fourth-order valence-electron chi connectivity index (χ4n) is 10.0. The lowest BCUT2D eigenvalue weighted by Gasteiger charge is -2.63. The van der Waals surface area contributed by atoms with Gasteiger partial charge in [0, 0.05) is 55.8 Å². The van der Waals surface area contributed by atoms with Crippen molar-refractivity contribution in [2.45, 2.75) is 119 Å². The van der Waals surface area contributed by atoms with E-state index in [1.54, 1.807) is 0 Å². The summed E-state index contributed by atoms with van der Waals surface area (Å²) in [5, 5.41) is 11.2. The summed E-state index contributed by atoms with van der Waals surface area (Å²) in [7, 11) is 14.0. The second-order valence-corrected chi connectivity index (χ2v) is 13.8. The summed E-state index contributed by atoms with van der Waals surface area (Å²) in [6.07, 6.45) is 8.32. The third-order valence-corrected chi connectivity index (χ3v) is 10.5. The first kappa shape index (κ1) is 29.5. The molecule has 39 heavy (non-hydrogen) atoms. The molecule has 6 nitrogen and oxygen atoms in total. The number of ether oxygens (including phenoxy) is 3. The third-order valence-electron chi connectivity index (χ3n) is 10.5. The molecule has 6 radical (unpaired) electrons. The largest absolute Gasteiger partial charge is 0.457 e. The van der Waals surface area contributed by atoms with E-state index < -0.39 is 40.7 Å². The summed E-state index contributed by atoms with van der Waals surface area (Å²) < 4.78 is 45.2. The molecule has 1 N–H and O–H groups in total. The third kappa shape index (κ3) is 5.71. The van der Waals surface area contributed by atoms with E-state index >= 15 is 0 Å². The maximum Gasteiger partial charge on any atom is 0.377 e. The van der Waals surface area contributed by atoms with Gasteiger partial charge in [0.2, 0.25) is 0 Å². The normalized spacial score (nSPS) is 44.9. The number of carbonyl (C=O) groups excluding carboxylic acids is 2. The van der Waals surface area contributed by atoms with Crippen molar-refractivity contribution in [1.29, 1.82) is 0 Å². The molecule has 0 amide bonds. The van der Waals surface area contributed by atoms with Gasteiger partial charge in [-0.1, -0.05) is 6.92 Å². The molecule has 4 unspecified atom stereocenters. The summed E-state index contributed by atoms with van der Waals surface area (Å²) in [4.78, 5) is 25.2. The number of alkyl halides is 2. The van der Waals surface area contributed by atoms with Crippen molar-refractivity contribution in [3.63, 3.8) is 0 Å². The summed E-state index contributed by atoms with van der Waals surface area (Å²) in [5.41, 5.74) is -3.60. The number of hydrogen-bond donors (Lipinski definition) is 1. The lowest BCUT2D eigenvalue weighted by Crippen LogP contribution is -2.68. The molecule has 0 aliphatic heterocycles. The van der Waals surface area contributed by atoms with Gasteiger partial charge < -0.3 is 19.3 Å². The monoisotopic (exact) mass is 540 g/mol. The van der Waals surface area contributed by atoms with Crippen molar-refractivity contribution >= 4 is 41.5 Å². The summed E-state index contributed by atoms with van der Waals surface area (Å²) in [5.74, 6) is -3.16. The van der Waals surface area contributed by atoms with Crippen LogP contribution >= 0.6 is 0 Å². The maximum atomic E-state index is 13.6. The van der Waals surface area contributed by atoms with Crippen molar-refractivity contribution < 1.29 is 37.7 Å². The predicted molar refractivity (Wildman–Crippen MR) is 143 cm³/mol. The zero-order valence-electron chi connectivity index (χ0n) is 23.1. The Hall–Kier alpha value is -1.02. The Kier molecular flexibility index (Phi) is 7.60. The molecule has 8 saturated carbocycles. The fraction of sp³-hybridized carbons (Fsp3) is 0.926. The van der Waals surface area contributed by atoms with Gasteiger partial charge in [0.15, 0.2) is 0 Å². The van der Waals surface area contributed by atoms with Crippen molar-refractivity contribution in [3.8, 4) is 0 Å². The van der Waals surface area contributed by atoms with Crippen LogP contribution < -0.4 is 0 Å². The van der Waals surface area contributed by atoms with E-state index in [-0.39, 0.29) is 31.3 Å². The van der Waals surface area contributed by atoms with Crippen LogP contribution in [0.3, 0.4) is 0 Å². The van der Waals surface area contributed by atoms with Gasteiger partial charge in [-0.25, -0.2) is 9.59 Å². The minimum atomic E-state index is -3.60. The van der Waals surface area contributed by atoms with E-state index in [1.165, 1.54) is 6.42 Å². The summed E-state index contributed by atoms with van der Waals surface area (Å²) in [6, 6.07) is 0. The van der Waals surface area contributed by atoms with Gasteiger partial charge in [-0.3, -0.25) is 0 Å². The van der Waals surface area contributed by atoms with Crippen LogP contribution in [0.25, 0.3) is 0 Å². The number of carbonyl (C=O) groups is 2. The number of esters is 2. The van der Waals surface area contributed by atoms with Crippen LogP contribution in [0.4, 0.5) is 8.78 Å². The number of aliphatic hydroxyl groups is 1. The molecule has 8 bridgehead atoms. The molecule has 12 heteroatoms. The minimum absolute atomic E-state index is 0.00282. The van der Waals surface area contributed by atoms with Crippen LogP contribution in [0, 0.1) is 29.6 Å². The van der Waals surface area contributed by atoms with Crippen molar-refractivity contribution in [3.05, 3.63) is 0 Å². The van der Waals surface area contributed by atoms with Gasteiger partial charge in [-0.2, -0.15) is 8.78 Å². The molecule has 8 aliphatic rings. The molecular weight excluding hydrogens is 502 g/mol. The highest BCUT2D eigenvalue weighted by Gasteiger charge is 2.66. The SMILES string of the molecule is CCC1(OC(=O)COC23CC4CC(O)(C2)CC(OC(=O)C(C)(F)F)(C4)C3)C2CC3CC(C2)CC1C3.[B]B([B])[B]. The lowest BCUT2D eigenvalue weighted by atomic mass is 9.08. The zero-order chi connectivity index (χ0) is 28.4. The minimum Gasteiger partial charge on any atom is -0.457 e. The topological polar surface area (TPSA) is 82.1 Å². The molecular formula is C27H38B4F2O6. The Bertz CT molecular complexity index is 948. The van der Waals surface area contributed by atoms with Crippen molar-refractivity contribution in [1.82, 2.24) is 0 Å². The lowest BCUT2D eigenvalue weighted by molar-refractivity contribution is -0.280. The van der Waals surface area contributed by atoms with Crippen LogP contribution in [-0.4, -0.2) is 81.6 Å². The molecule has 8 fully saturated rings. The molecule has 0 aromatic carbocycles. The highest BCUT2D eigenvalue weighted by Crippen LogP contribution is 2.63. The first-order valence-electron chi connectivity index (χ1n) is 14.5. The first-order chi connectivity index (χ1) is 18.1. The second-order valence-electron chi connectivity index (χ2n) is 13.8. The number of rotatable bonds is 7. The smallest absolute Gasteiger partial charge is 0.377 e. The Morgan fingerprint density at radius 2 is 1.44 bits per heavy atom. The molecule has 8 aliphatic carbocycles. The van der Waals surface area contributed by atoms with Gasteiger partial charge in [0.05, 0.1) is 11.2 Å². The average Bonchev–Trinajstić information content (AvgIpc) is 2.77. The Labute approximate surface area is 234 Å². The zero-order valence-corrected chi connectivity index (χ0v) is 23.1. The molecule has 0 aromatic heterocycles. The molecule has 0 saturated heterocycles. The molecule has 0 heterocycles. The van der Waals surface area contributed by atoms with Gasteiger partial charge in [-0.15, -0.1) is 0 Å². The van der Waals surface area contributed by atoms with Gasteiger partial charge in [-0.05, 0) is 87.4 Å². The van der Waals surface area contributed by atoms with Crippen LogP contribution in [-0.2, 0) is 23.8 Å². The highest BCUT2D eigenvalue weighted by molar-refractivity contribution is 7.49. The predicted octanol–water partition coefficient (Wildman–Crippen LogP) is 3.03. The van der Waals surface area contributed by atoms with E-state index in [0.29, 0.717) is 44.4 Å². The number of halogens is 2. The molecule has 208 valence electrons. The van der Waals surface area contributed by atoms with Gasteiger partial charge in [0.1, 0.15) is 17.8 Å². The van der Waals surface area contributed by atoms with Gasteiger partial charge >= 0.3 is 17.9 Å². The van der Waals surface area contributed by atoms with Crippen molar-refractivity contribution in [2.75, 3.05) is 6.61 Å². The summed E-state index contributed by atoms with van der Waals surface area (Å²) in [6.45, 7) is 2.41. The standard InChI is InChI=1S/C27H38F2O6.B4/c1-3-27(19-5-16-4-17(7-19)8-20(27)6-16)34-21(30)12-33-25-10-18-9-24(32,13-25)14-26(11-18,15-25)35-22(31)23(2,28)29;1-4(2)3/h16-20,32H,3-15H2,1-2H3;. The average molecular weight is 540 g/mol. The van der Waals surface area contributed by atoms with E-state index in [4.69, 9.17) is 14.2 Å². The molecule has 0 aromatic rings. The molecule has 4 atom stereocenters. The van der Waals surface area contributed by atoms with E-state index in [2.05, 4.69) is 30.1 Å². The van der Waals surface area contributed by atoms with E-state index in [1.807, 2.05) is 0 Å². The quantitative estimate of drug-likeness (QED) is 0.396. The Balaban J connectivity index is 0.000000723. The second kappa shape index (κ2) is 10.1. The number of hydrogen-bond acceptors (Lipinski definition) is 6. The highest BCUT2D eigenvalue weighted by atomic mass is 19.3. The summed E-state index contributed by atoms with van der Waals surface area (Å²) >= 11 is 0. The maximum absolute atomic E-state index is 13.6. The fourth-order valence-corrected chi connectivity index (χ4v) is 10.0. The van der Waals surface area contributed by atoms with E-state index in [9.17, 15) is 23.5 Å². The van der Waals surface area contributed by atoms with Crippen LogP contribution in [0.2, 0.25) is 0 Å². The Morgan fingerprint density at radius 1 is 0.897 bits per heavy atom. The molecule has 8 rings (SSSR count). The van der Waals surface area contributed by atoms with E-state index in [0.717, 1.165) is 43.9 Å². The molecule has 0 spiro atoms. The van der Waals surface area contributed by atoms with Crippen LogP contribution in [0.1, 0.15) is 90.9 Å². The van der Waals surface area contributed by atoms with Gasteiger partial charge in [0.25, 0.3) is 0 Å². The van der Waals surface area contributed by atoms with Crippen LogP contribution in [0.15, 0.2) is 0 Å². The first-order valence-corrected chi connectivity index (χ1v) is 14.5. The van der Waals surface area contributed by atoms with Crippen molar-refractivity contribution in [2.24, 2.45) is 29.6 Å². The Morgan fingerprint density at radius 3 is 1.95 bits per heavy atom.